The number of methoxy groups -OCH3 is 1. The zero-order chi connectivity index (χ0) is 13.9. The summed E-state index contributed by atoms with van der Waals surface area (Å²) in [5.41, 5.74) is 6.30. The van der Waals surface area contributed by atoms with E-state index in [2.05, 4.69) is 18.9 Å². The third kappa shape index (κ3) is 2.98. The first kappa shape index (κ1) is 15.3. The molecular formula is C16H32N2O. The van der Waals surface area contributed by atoms with E-state index in [0.29, 0.717) is 12.1 Å². The third-order valence-corrected chi connectivity index (χ3v) is 5.72. The number of ether oxygens (including phenoxy) is 1. The topological polar surface area (TPSA) is 38.5 Å². The van der Waals surface area contributed by atoms with E-state index in [1.807, 2.05) is 7.11 Å². The molecular weight excluding hydrogens is 236 g/mol. The summed E-state index contributed by atoms with van der Waals surface area (Å²) < 4.78 is 5.82. The lowest BCUT2D eigenvalue weighted by atomic mass is 9.75. The smallest absolute Gasteiger partial charge is 0.0767 e. The number of nitrogens with two attached hydrogens (primary N) is 1. The predicted molar refractivity (Wildman–Crippen MR) is 80.2 cm³/mol. The molecule has 2 rings (SSSR count). The fourth-order valence-electron chi connectivity index (χ4n) is 4.43. The lowest BCUT2D eigenvalue weighted by Crippen LogP contribution is -2.64. The van der Waals surface area contributed by atoms with Crippen LogP contribution in [0.4, 0.5) is 0 Å². The van der Waals surface area contributed by atoms with Crippen LogP contribution in [-0.4, -0.2) is 43.3 Å². The van der Waals surface area contributed by atoms with Crippen LogP contribution in [0.1, 0.15) is 58.3 Å². The highest BCUT2D eigenvalue weighted by Gasteiger charge is 2.45. The highest BCUT2D eigenvalue weighted by atomic mass is 16.5. The van der Waals surface area contributed by atoms with E-state index in [9.17, 15) is 0 Å². The van der Waals surface area contributed by atoms with E-state index >= 15 is 0 Å². The van der Waals surface area contributed by atoms with Crippen LogP contribution in [0.15, 0.2) is 0 Å². The van der Waals surface area contributed by atoms with Crippen LogP contribution in [0.2, 0.25) is 0 Å². The van der Waals surface area contributed by atoms with Gasteiger partial charge in [-0.15, -0.1) is 0 Å². The van der Waals surface area contributed by atoms with Gasteiger partial charge >= 0.3 is 0 Å². The van der Waals surface area contributed by atoms with Gasteiger partial charge in [0.25, 0.3) is 0 Å². The Labute approximate surface area is 118 Å². The molecule has 2 fully saturated rings. The molecule has 3 heteroatoms. The van der Waals surface area contributed by atoms with Gasteiger partial charge in [0.15, 0.2) is 0 Å². The molecule has 0 bridgehead atoms. The number of likely N-dealkylation sites (N-methyl/N-ethyl adjacent to an activating group) is 1. The van der Waals surface area contributed by atoms with Crippen LogP contribution in [0, 0.1) is 5.92 Å². The summed E-state index contributed by atoms with van der Waals surface area (Å²) in [5, 5.41) is 0. The lowest BCUT2D eigenvalue weighted by molar-refractivity contribution is -0.0873. The molecule has 0 spiro atoms. The van der Waals surface area contributed by atoms with Gasteiger partial charge < -0.3 is 10.5 Å². The van der Waals surface area contributed by atoms with Gasteiger partial charge in [-0.1, -0.05) is 32.6 Å². The molecule has 0 heterocycles. The van der Waals surface area contributed by atoms with Gasteiger partial charge in [0.1, 0.15) is 0 Å². The van der Waals surface area contributed by atoms with Crippen LogP contribution in [0.3, 0.4) is 0 Å². The maximum atomic E-state index is 6.22. The average molecular weight is 268 g/mol. The molecule has 3 nitrogen and oxygen atoms in total. The van der Waals surface area contributed by atoms with Crippen LogP contribution >= 0.6 is 0 Å². The minimum absolute atomic E-state index is 0.0781. The maximum absolute atomic E-state index is 6.22. The van der Waals surface area contributed by atoms with E-state index in [4.69, 9.17) is 10.5 Å². The molecule has 19 heavy (non-hydrogen) atoms. The quantitative estimate of drug-likeness (QED) is 0.852. The van der Waals surface area contributed by atoms with Gasteiger partial charge in [-0.25, -0.2) is 0 Å². The molecule has 4 unspecified atom stereocenters. The van der Waals surface area contributed by atoms with Gasteiger partial charge in [-0.2, -0.15) is 0 Å². The molecule has 0 amide bonds. The maximum Gasteiger partial charge on any atom is 0.0767 e. The van der Waals surface area contributed by atoms with Crippen molar-refractivity contribution < 1.29 is 4.74 Å². The number of hydrogen-bond acceptors (Lipinski definition) is 3. The Morgan fingerprint density at radius 2 is 2.00 bits per heavy atom. The first-order valence-corrected chi connectivity index (χ1v) is 8.10. The minimum atomic E-state index is 0.0781. The lowest BCUT2D eigenvalue weighted by Gasteiger charge is -2.52. The zero-order valence-electron chi connectivity index (χ0n) is 13.0. The van der Waals surface area contributed by atoms with Gasteiger partial charge in [-0.05, 0) is 38.6 Å². The number of rotatable bonds is 4. The van der Waals surface area contributed by atoms with Crippen molar-refractivity contribution in [3.8, 4) is 0 Å². The number of hydrogen-bond donors (Lipinski definition) is 1. The molecule has 112 valence electrons. The van der Waals surface area contributed by atoms with Gasteiger partial charge in [0, 0.05) is 19.7 Å². The zero-order valence-corrected chi connectivity index (χ0v) is 13.0. The summed E-state index contributed by atoms with van der Waals surface area (Å²) >= 11 is 0. The van der Waals surface area contributed by atoms with E-state index in [-0.39, 0.29) is 5.54 Å². The van der Waals surface area contributed by atoms with E-state index in [1.165, 1.54) is 51.4 Å². The van der Waals surface area contributed by atoms with E-state index < -0.39 is 0 Å². The van der Waals surface area contributed by atoms with Crippen molar-refractivity contribution in [3.05, 3.63) is 0 Å². The molecule has 0 aromatic carbocycles. The van der Waals surface area contributed by atoms with Crippen molar-refractivity contribution in [3.63, 3.8) is 0 Å². The van der Waals surface area contributed by atoms with Crippen molar-refractivity contribution in [1.29, 1.82) is 0 Å². The monoisotopic (exact) mass is 268 g/mol. The Hall–Kier alpha value is -0.120. The molecule has 0 aromatic heterocycles. The summed E-state index contributed by atoms with van der Waals surface area (Å²) in [6.07, 6.45) is 10.7. The first-order valence-electron chi connectivity index (χ1n) is 8.10. The highest BCUT2D eigenvalue weighted by molar-refractivity contribution is 5.02. The van der Waals surface area contributed by atoms with Crippen molar-refractivity contribution in [2.24, 2.45) is 11.7 Å². The van der Waals surface area contributed by atoms with Crippen molar-refractivity contribution >= 4 is 0 Å². The van der Waals surface area contributed by atoms with Crippen molar-refractivity contribution in [2.75, 3.05) is 20.7 Å². The fourth-order valence-corrected chi connectivity index (χ4v) is 4.43. The Balaban J connectivity index is 2.13. The van der Waals surface area contributed by atoms with Crippen LogP contribution < -0.4 is 5.73 Å². The summed E-state index contributed by atoms with van der Waals surface area (Å²) in [6.45, 7) is 3.12. The normalized spacial score (nSPS) is 40.6. The Morgan fingerprint density at radius 1 is 1.21 bits per heavy atom. The summed E-state index contributed by atoms with van der Waals surface area (Å²) in [4.78, 5) is 2.61. The fraction of sp³-hybridized carbons (Fsp3) is 1.00. The Bertz CT molecular complexity index is 284. The second kappa shape index (κ2) is 6.55. The molecule has 0 aromatic rings. The molecule has 0 saturated heterocycles. The standard InChI is InChI=1S/C16H32N2O/c1-13-7-6-8-14(11-13)18(2)16(12-17)10-5-4-9-15(16)19-3/h13-15H,4-12,17H2,1-3H3. The van der Waals surface area contributed by atoms with Gasteiger partial charge in [-0.3, -0.25) is 4.90 Å². The first-order chi connectivity index (χ1) is 9.14. The molecule has 2 saturated carbocycles. The van der Waals surface area contributed by atoms with Crippen LogP contribution in [0.5, 0.6) is 0 Å². The summed E-state index contributed by atoms with van der Waals surface area (Å²) in [6, 6.07) is 0.697. The Morgan fingerprint density at radius 3 is 2.63 bits per heavy atom. The molecule has 2 aliphatic rings. The molecule has 2 N–H and O–H groups in total. The predicted octanol–water partition coefficient (Wildman–Crippen LogP) is 2.78. The molecule has 0 radical (unpaired) electrons. The van der Waals surface area contributed by atoms with Crippen LogP contribution in [-0.2, 0) is 4.74 Å². The van der Waals surface area contributed by atoms with Crippen molar-refractivity contribution in [2.45, 2.75) is 76.0 Å². The summed E-state index contributed by atoms with van der Waals surface area (Å²) in [7, 11) is 4.16. The number of nitrogens with zero attached hydrogens (tertiary/aromatic N) is 1. The van der Waals surface area contributed by atoms with E-state index in [0.717, 1.165) is 12.5 Å². The molecule has 0 aliphatic heterocycles. The Kier molecular flexibility index (Phi) is 5.27. The second-order valence-corrected chi connectivity index (χ2v) is 6.81. The third-order valence-electron chi connectivity index (χ3n) is 5.72. The average Bonchev–Trinajstić information content (AvgIpc) is 2.46. The minimum Gasteiger partial charge on any atom is -0.379 e. The van der Waals surface area contributed by atoms with Crippen molar-refractivity contribution in [1.82, 2.24) is 4.90 Å². The molecule has 2 aliphatic carbocycles. The summed E-state index contributed by atoms with van der Waals surface area (Å²) in [5.74, 6) is 0.862. The highest BCUT2D eigenvalue weighted by Crippen LogP contribution is 2.38. The van der Waals surface area contributed by atoms with Gasteiger partial charge in [0.05, 0.1) is 11.6 Å². The SMILES string of the molecule is COC1CCCCC1(CN)N(C)C1CCCC(C)C1. The molecule has 4 atom stereocenters. The van der Waals surface area contributed by atoms with Gasteiger partial charge in [0.2, 0.25) is 0 Å². The van der Waals surface area contributed by atoms with Crippen LogP contribution in [0.25, 0.3) is 0 Å². The van der Waals surface area contributed by atoms with E-state index in [1.54, 1.807) is 0 Å². The second-order valence-electron chi connectivity index (χ2n) is 6.81. The largest absolute Gasteiger partial charge is 0.379 e.